The highest BCUT2D eigenvalue weighted by Crippen LogP contribution is 2.65. The zero-order valence-electron chi connectivity index (χ0n) is 15.3. The molecule has 25 heavy (non-hydrogen) atoms. The first kappa shape index (κ1) is 15.7. The molecule has 1 aliphatic carbocycles. The number of carbonyl (C=O) groups is 1. The number of benzene rings is 1. The summed E-state index contributed by atoms with van der Waals surface area (Å²) in [5, 5.41) is 3.77. The van der Waals surface area contributed by atoms with Crippen LogP contribution in [0.5, 0.6) is 0 Å². The Bertz CT molecular complexity index is 720. The number of hydrogen-bond acceptors (Lipinski definition) is 4. The van der Waals surface area contributed by atoms with Gasteiger partial charge < -0.3 is 10.1 Å². The highest BCUT2D eigenvalue weighted by Gasteiger charge is 2.69. The number of para-hydroxylation sites is 1. The molecule has 4 aliphatic rings. The van der Waals surface area contributed by atoms with Crippen LogP contribution in [0.15, 0.2) is 24.3 Å². The number of carbonyl (C=O) groups excluding carboxylic acids is 1. The number of anilines is 1. The molecule has 134 valence electrons. The number of nitrogens with zero attached hydrogens (tertiary/aromatic N) is 1. The Morgan fingerprint density at radius 2 is 2.16 bits per heavy atom. The number of methoxy groups -OCH3 is 1. The van der Waals surface area contributed by atoms with Crippen LogP contribution in [-0.2, 0) is 14.9 Å². The summed E-state index contributed by atoms with van der Waals surface area (Å²) >= 11 is 0. The van der Waals surface area contributed by atoms with Crippen LogP contribution in [0.3, 0.4) is 0 Å². The van der Waals surface area contributed by atoms with Gasteiger partial charge in [-0.25, -0.2) is 0 Å². The molecule has 1 N–H and O–H groups in total. The van der Waals surface area contributed by atoms with Crippen molar-refractivity contribution in [2.24, 2.45) is 11.3 Å². The Hall–Kier alpha value is -1.55. The van der Waals surface area contributed by atoms with E-state index in [0.717, 1.165) is 25.8 Å². The van der Waals surface area contributed by atoms with Gasteiger partial charge in [0, 0.05) is 17.1 Å². The van der Waals surface area contributed by atoms with Crippen LogP contribution in [-0.4, -0.2) is 43.2 Å². The molecule has 4 heteroatoms. The average Bonchev–Trinajstić information content (AvgIpc) is 3.21. The molecule has 0 radical (unpaired) electrons. The first-order chi connectivity index (χ1) is 12.2. The molecule has 0 amide bonds. The standard InChI is InChI=1S/C21H28N2O2/c1-3-20-9-6-11-23-12-10-21(19(20)23)15-7-4-5-8-16(15)22-17(21)14(13-20)18(24)25-2/h4-5,7-8,14,17,19,22H,3,6,9-13H2,1-2H3/t14?,17-,19+,20+,21-/m1/s1. The second kappa shape index (κ2) is 5.23. The van der Waals surface area contributed by atoms with Crippen molar-refractivity contribution < 1.29 is 9.53 Å². The summed E-state index contributed by atoms with van der Waals surface area (Å²) in [7, 11) is 1.55. The number of hydrogen-bond donors (Lipinski definition) is 1. The van der Waals surface area contributed by atoms with Crippen molar-refractivity contribution in [2.45, 2.75) is 56.5 Å². The summed E-state index contributed by atoms with van der Waals surface area (Å²) in [6, 6.07) is 9.49. The highest BCUT2D eigenvalue weighted by molar-refractivity contribution is 5.78. The zero-order chi connectivity index (χ0) is 17.2. The Morgan fingerprint density at radius 3 is 2.96 bits per heavy atom. The fourth-order valence-electron chi connectivity index (χ4n) is 7.07. The van der Waals surface area contributed by atoms with Crippen molar-refractivity contribution in [3.05, 3.63) is 29.8 Å². The molecule has 1 saturated carbocycles. The van der Waals surface area contributed by atoms with E-state index in [9.17, 15) is 4.79 Å². The van der Waals surface area contributed by atoms with E-state index in [1.54, 1.807) is 7.11 Å². The lowest BCUT2D eigenvalue weighted by Gasteiger charge is -2.59. The fourth-order valence-corrected chi connectivity index (χ4v) is 7.07. The van der Waals surface area contributed by atoms with Gasteiger partial charge in [0.15, 0.2) is 0 Å². The van der Waals surface area contributed by atoms with Gasteiger partial charge in [0.25, 0.3) is 0 Å². The molecule has 1 aromatic carbocycles. The van der Waals surface area contributed by atoms with Gasteiger partial charge in [-0.3, -0.25) is 9.69 Å². The predicted molar refractivity (Wildman–Crippen MR) is 97.6 cm³/mol. The fraction of sp³-hybridized carbons (Fsp3) is 0.667. The molecule has 1 aromatic rings. The topological polar surface area (TPSA) is 41.6 Å². The van der Waals surface area contributed by atoms with Crippen LogP contribution in [0.4, 0.5) is 5.69 Å². The van der Waals surface area contributed by atoms with Gasteiger partial charge in [-0.2, -0.15) is 0 Å². The first-order valence-corrected chi connectivity index (χ1v) is 9.84. The SMILES string of the molecule is CC[C@]12CCCN3CC[C@]4(c5ccccc5N[C@@H]4C(C(=O)OC)C1)[C@@H]32. The van der Waals surface area contributed by atoms with Crippen molar-refractivity contribution in [3.63, 3.8) is 0 Å². The van der Waals surface area contributed by atoms with E-state index < -0.39 is 0 Å². The summed E-state index contributed by atoms with van der Waals surface area (Å²) in [6.45, 7) is 4.71. The van der Waals surface area contributed by atoms with Crippen LogP contribution in [0.1, 0.15) is 44.6 Å². The minimum absolute atomic E-state index is 0.0278. The molecule has 1 unspecified atom stereocenters. The van der Waals surface area contributed by atoms with Gasteiger partial charge in [-0.1, -0.05) is 25.1 Å². The third kappa shape index (κ3) is 1.79. The quantitative estimate of drug-likeness (QED) is 0.840. The second-order valence-electron chi connectivity index (χ2n) is 8.55. The van der Waals surface area contributed by atoms with E-state index in [1.165, 1.54) is 30.6 Å². The maximum absolute atomic E-state index is 12.8. The molecule has 3 heterocycles. The Labute approximate surface area is 149 Å². The molecule has 5 atom stereocenters. The van der Waals surface area contributed by atoms with Crippen molar-refractivity contribution in [2.75, 3.05) is 25.5 Å². The first-order valence-electron chi connectivity index (χ1n) is 9.84. The van der Waals surface area contributed by atoms with Gasteiger partial charge in [0.05, 0.1) is 19.1 Å². The third-order valence-corrected chi connectivity index (χ3v) is 7.90. The van der Waals surface area contributed by atoms with E-state index in [2.05, 4.69) is 41.4 Å². The summed E-state index contributed by atoms with van der Waals surface area (Å²) in [5.41, 5.74) is 2.98. The van der Waals surface area contributed by atoms with Crippen LogP contribution < -0.4 is 5.32 Å². The van der Waals surface area contributed by atoms with E-state index in [-0.39, 0.29) is 28.8 Å². The molecule has 4 nitrogen and oxygen atoms in total. The molecule has 3 aliphatic heterocycles. The normalized spacial score (nSPS) is 41.4. The van der Waals surface area contributed by atoms with Crippen molar-refractivity contribution in [1.82, 2.24) is 4.90 Å². The second-order valence-corrected chi connectivity index (χ2v) is 8.55. The van der Waals surface area contributed by atoms with Gasteiger partial charge in [-0.05, 0) is 62.2 Å². The average molecular weight is 340 g/mol. The molecule has 5 rings (SSSR count). The predicted octanol–water partition coefficient (Wildman–Crippen LogP) is 3.18. The number of piperidine rings is 1. The number of fused-ring (bicyclic) bond motifs is 1. The van der Waals surface area contributed by atoms with E-state index in [0.29, 0.717) is 6.04 Å². The van der Waals surface area contributed by atoms with Crippen LogP contribution >= 0.6 is 0 Å². The Kier molecular flexibility index (Phi) is 3.28. The number of ether oxygens (including phenoxy) is 1. The maximum Gasteiger partial charge on any atom is 0.310 e. The monoisotopic (exact) mass is 340 g/mol. The van der Waals surface area contributed by atoms with Crippen molar-refractivity contribution in [3.8, 4) is 0 Å². The van der Waals surface area contributed by atoms with Crippen LogP contribution in [0, 0.1) is 11.3 Å². The lowest BCUT2D eigenvalue weighted by Crippen LogP contribution is -2.67. The molecule has 0 aromatic heterocycles. The smallest absolute Gasteiger partial charge is 0.310 e. The lowest BCUT2D eigenvalue weighted by atomic mass is 9.49. The molecule has 0 bridgehead atoms. The lowest BCUT2D eigenvalue weighted by molar-refractivity contribution is -0.153. The summed E-state index contributed by atoms with van der Waals surface area (Å²) in [6.07, 6.45) is 5.77. The molecule has 1 spiro atoms. The van der Waals surface area contributed by atoms with E-state index in [4.69, 9.17) is 4.74 Å². The Morgan fingerprint density at radius 1 is 1.32 bits per heavy atom. The van der Waals surface area contributed by atoms with Gasteiger partial charge in [0.2, 0.25) is 0 Å². The molecular formula is C21H28N2O2. The minimum atomic E-state index is -0.0494. The molecule has 2 saturated heterocycles. The summed E-state index contributed by atoms with van der Waals surface area (Å²) in [4.78, 5) is 15.5. The van der Waals surface area contributed by atoms with Gasteiger partial charge >= 0.3 is 5.97 Å². The Balaban J connectivity index is 1.73. The van der Waals surface area contributed by atoms with Crippen molar-refractivity contribution in [1.29, 1.82) is 0 Å². The third-order valence-electron chi connectivity index (χ3n) is 7.90. The van der Waals surface area contributed by atoms with E-state index >= 15 is 0 Å². The minimum Gasteiger partial charge on any atom is -0.469 e. The summed E-state index contributed by atoms with van der Waals surface area (Å²) in [5.74, 6) is -0.0772. The number of nitrogens with one attached hydrogen (secondary N) is 1. The van der Waals surface area contributed by atoms with Gasteiger partial charge in [-0.15, -0.1) is 0 Å². The maximum atomic E-state index is 12.8. The zero-order valence-corrected chi connectivity index (χ0v) is 15.3. The molecule has 3 fully saturated rings. The van der Waals surface area contributed by atoms with Crippen LogP contribution in [0.2, 0.25) is 0 Å². The number of esters is 1. The highest BCUT2D eigenvalue weighted by atomic mass is 16.5. The molecular weight excluding hydrogens is 312 g/mol. The van der Waals surface area contributed by atoms with Gasteiger partial charge in [0.1, 0.15) is 0 Å². The summed E-state index contributed by atoms with van der Waals surface area (Å²) < 4.78 is 5.28. The van der Waals surface area contributed by atoms with E-state index in [1.807, 2.05) is 0 Å². The number of rotatable bonds is 2. The largest absolute Gasteiger partial charge is 0.469 e. The van der Waals surface area contributed by atoms with Crippen molar-refractivity contribution >= 4 is 11.7 Å². The van der Waals surface area contributed by atoms with Crippen LogP contribution in [0.25, 0.3) is 0 Å².